The second kappa shape index (κ2) is 8.99. The monoisotopic (exact) mass is 431 g/mol. The van der Waals surface area contributed by atoms with Crippen molar-refractivity contribution in [2.45, 2.75) is 56.4 Å². The maximum Gasteiger partial charge on any atom is 0.243 e. The van der Waals surface area contributed by atoms with Gasteiger partial charge in [0, 0.05) is 30.9 Å². The predicted molar refractivity (Wildman–Crippen MR) is 113 cm³/mol. The summed E-state index contributed by atoms with van der Waals surface area (Å²) in [6.07, 6.45) is 2.77. The first kappa shape index (κ1) is 21.2. The Labute approximate surface area is 178 Å². The molecule has 0 N–H and O–H groups in total. The quantitative estimate of drug-likeness (QED) is 0.724. The van der Waals surface area contributed by atoms with Crippen LogP contribution < -0.4 is 4.74 Å². The highest BCUT2D eigenvalue weighted by molar-refractivity contribution is 7.89. The van der Waals surface area contributed by atoms with Crippen LogP contribution >= 0.6 is 0 Å². The van der Waals surface area contributed by atoms with Crippen molar-refractivity contribution in [1.82, 2.24) is 14.3 Å². The average molecular weight is 432 g/mol. The molecule has 4 rings (SSSR count). The van der Waals surface area contributed by atoms with E-state index in [1.165, 1.54) is 4.31 Å². The van der Waals surface area contributed by atoms with Crippen molar-refractivity contribution in [3.8, 4) is 5.88 Å². The van der Waals surface area contributed by atoms with Crippen molar-refractivity contribution in [3.05, 3.63) is 47.4 Å². The lowest BCUT2D eigenvalue weighted by Crippen LogP contribution is -2.44. The molecule has 1 aromatic carbocycles. The zero-order chi connectivity index (χ0) is 21.1. The molecule has 1 fully saturated rings. The van der Waals surface area contributed by atoms with Crippen LogP contribution in [-0.2, 0) is 27.6 Å². The summed E-state index contributed by atoms with van der Waals surface area (Å²) in [7, 11) is -3.53. The first-order valence-electron chi connectivity index (χ1n) is 10.6. The molecule has 3 heterocycles. The Morgan fingerprint density at radius 3 is 2.67 bits per heavy atom. The summed E-state index contributed by atoms with van der Waals surface area (Å²) >= 11 is 0. The fraction of sp³-hybridized carbons (Fsp3) is 0.545. The lowest BCUT2D eigenvalue weighted by Gasteiger charge is -2.32. The van der Waals surface area contributed by atoms with Gasteiger partial charge in [0.15, 0.2) is 0 Å². The molecule has 2 aromatic rings. The topological polar surface area (TPSA) is 81.6 Å². The predicted octanol–water partition coefficient (Wildman–Crippen LogP) is 2.95. The minimum atomic E-state index is -3.53. The summed E-state index contributed by atoms with van der Waals surface area (Å²) < 4.78 is 39.6. The van der Waals surface area contributed by atoms with E-state index < -0.39 is 10.0 Å². The molecule has 162 valence electrons. The third-order valence-corrected chi connectivity index (χ3v) is 7.45. The Balaban J connectivity index is 1.58. The highest BCUT2D eigenvalue weighted by atomic mass is 32.2. The Kier molecular flexibility index (Phi) is 6.36. The molecule has 1 unspecified atom stereocenters. The fourth-order valence-corrected chi connectivity index (χ4v) is 5.43. The number of nitrogens with zero attached hydrogens (tertiary/aromatic N) is 3. The van der Waals surface area contributed by atoms with Gasteiger partial charge in [0.05, 0.1) is 30.3 Å². The van der Waals surface area contributed by atoms with Crippen LogP contribution in [0.2, 0.25) is 0 Å². The second-order valence-corrected chi connectivity index (χ2v) is 10.1. The van der Waals surface area contributed by atoms with Crippen LogP contribution in [0.5, 0.6) is 5.88 Å². The van der Waals surface area contributed by atoms with Crippen LogP contribution in [0.4, 0.5) is 0 Å². The van der Waals surface area contributed by atoms with E-state index in [0.29, 0.717) is 43.5 Å². The number of ether oxygens (including phenoxy) is 2. The van der Waals surface area contributed by atoms with Gasteiger partial charge in [-0.15, -0.1) is 0 Å². The van der Waals surface area contributed by atoms with Crippen LogP contribution in [0.1, 0.15) is 49.7 Å². The molecule has 7 nitrogen and oxygen atoms in total. The van der Waals surface area contributed by atoms with E-state index in [0.717, 1.165) is 36.3 Å². The highest BCUT2D eigenvalue weighted by Gasteiger charge is 2.32. The molecule has 0 radical (unpaired) electrons. The number of sulfonamides is 1. The van der Waals surface area contributed by atoms with E-state index >= 15 is 0 Å². The molecule has 30 heavy (non-hydrogen) atoms. The van der Waals surface area contributed by atoms with Gasteiger partial charge in [-0.2, -0.15) is 9.29 Å². The van der Waals surface area contributed by atoms with Gasteiger partial charge in [-0.1, -0.05) is 32.0 Å². The molecule has 1 atom stereocenters. The molecule has 0 bridgehead atoms. The minimum Gasteiger partial charge on any atom is -0.473 e. The third-order valence-electron chi connectivity index (χ3n) is 5.57. The Bertz CT molecular complexity index is 979. The van der Waals surface area contributed by atoms with Gasteiger partial charge in [0.1, 0.15) is 11.9 Å². The molecular weight excluding hydrogens is 402 g/mol. The van der Waals surface area contributed by atoms with Crippen molar-refractivity contribution in [1.29, 1.82) is 0 Å². The van der Waals surface area contributed by atoms with E-state index in [1.54, 1.807) is 24.3 Å². The molecule has 0 spiro atoms. The van der Waals surface area contributed by atoms with Crippen molar-refractivity contribution in [2.75, 3.05) is 26.3 Å². The highest BCUT2D eigenvalue weighted by Crippen LogP contribution is 2.28. The summed E-state index contributed by atoms with van der Waals surface area (Å²) in [5, 5.41) is 0. The largest absolute Gasteiger partial charge is 0.473 e. The zero-order valence-corrected chi connectivity index (χ0v) is 18.4. The van der Waals surface area contributed by atoms with Crippen LogP contribution in [0, 0.1) is 0 Å². The van der Waals surface area contributed by atoms with Gasteiger partial charge >= 0.3 is 0 Å². The van der Waals surface area contributed by atoms with Gasteiger partial charge in [-0.3, -0.25) is 0 Å². The van der Waals surface area contributed by atoms with Crippen LogP contribution in [0.25, 0.3) is 0 Å². The van der Waals surface area contributed by atoms with Gasteiger partial charge < -0.3 is 9.47 Å². The maximum absolute atomic E-state index is 13.0. The second-order valence-electron chi connectivity index (χ2n) is 8.14. The van der Waals surface area contributed by atoms with E-state index in [4.69, 9.17) is 19.4 Å². The fourth-order valence-electron chi connectivity index (χ4n) is 3.90. The Morgan fingerprint density at radius 1 is 1.13 bits per heavy atom. The first-order chi connectivity index (χ1) is 14.4. The van der Waals surface area contributed by atoms with Crippen molar-refractivity contribution in [3.63, 3.8) is 0 Å². The number of benzene rings is 1. The van der Waals surface area contributed by atoms with E-state index in [-0.39, 0.29) is 12.0 Å². The van der Waals surface area contributed by atoms with Gasteiger partial charge in [0.25, 0.3) is 0 Å². The van der Waals surface area contributed by atoms with Crippen LogP contribution in [0.15, 0.2) is 35.2 Å². The zero-order valence-electron chi connectivity index (χ0n) is 17.6. The minimum absolute atomic E-state index is 0.183. The number of hydrogen-bond donors (Lipinski definition) is 0. The molecule has 0 aliphatic carbocycles. The normalized spacial score (nSPS) is 20.6. The summed E-state index contributed by atoms with van der Waals surface area (Å²) in [6, 6.07) is 8.59. The summed E-state index contributed by atoms with van der Waals surface area (Å²) in [5.74, 6) is 1.54. The first-order valence-corrected chi connectivity index (χ1v) is 12.1. The molecule has 0 amide bonds. The van der Waals surface area contributed by atoms with Crippen molar-refractivity contribution >= 4 is 10.0 Å². The molecule has 2 aliphatic rings. The summed E-state index contributed by atoms with van der Waals surface area (Å²) in [6.45, 7) is 6.22. The SMILES string of the molecule is CC(C)c1nc2c(c(OC3CCCN(S(=O)(=O)c4ccccc4)C3)n1)CCOCC2. The van der Waals surface area contributed by atoms with E-state index in [9.17, 15) is 8.42 Å². The van der Waals surface area contributed by atoms with Gasteiger partial charge in [-0.25, -0.2) is 13.4 Å². The molecular formula is C22H29N3O4S. The number of rotatable bonds is 5. The Morgan fingerprint density at radius 2 is 1.90 bits per heavy atom. The number of aromatic nitrogens is 2. The van der Waals surface area contributed by atoms with Gasteiger partial charge in [0.2, 0.25) is 15.9 Å². The molecule has 1 saturated heterocycles. The van der Waals surface area contributed by atoms with Crippen LogP contribution in [-0.4, -0.2) is 55.1 Å². The molecule has 8 heteroatoms. The molecule has 2 aliphatic heterocycles. The lowest BCUT2D eigenvalue weighted by molar-refractivity contribution is 0.121. The lowest BCUT2D eigenvalue weighted by atomic mass is 10.1. The number of piperidine rings is 1. The van der Waals surface area contributed by atoms with Crippen LogP contribution in [0.3, 0.4) is 0 Å². The van der Waals surface area contributed by atoms with Crippen molar-refractivity contribution < 1.29 is 17.9 Å². The number of hydrogen-bond acceptors (Lipinski definition) is 6. The van der Waals surface area contributed by atoms with Gasteiger partial charge in [-0.05, 0) is 25.0 Å². The molecule has 1 aromatic heterocycles. The van der Waals surface area contributed by atoms with E-state index in [2.05, 4.69) is 13.8 Å². The smallest absolute Gasteiger partial charge is 0.243 e. The third kappa shape index (κ3) is 4.50. The maximum atomic E-state index is 13.0. The molecule has 0 saturated carbocycles. The van der Waals surface area contributed by atoms with E-state index in [1.807, 2.05) is 6.07 Å². The Hall–Kier alpha value is -2.03. The summed E-state index contributed by atoms with van der Waals surface area (Å²) in [5.41, 5.74) is 1.99. The average Bonchev–Trinajstić information content (AvgIpc) is 3.00. The standard InChI is InChI=1S/C22H29N3O4S/c1-16(2)21-23-20-11-14-28-13-10-19(20)22(24-21)29-17-7-6-12-25(15-17)30(26,27)18-8-4-3-5-9-18/h3-5,8-9,16-17H,6-7,10-15H2,1-2H3. The summed E-state index contributed by atoms with van der Waals surface area (Å²) in [4.78, 5) is 9.77. The number of fused-ring (bicyclic) bond motifs is 1. The van der Waals surface area contributed by atoms with Crippen molar-refractivity contribution in [2.24, 2.45) is 0 Å².